The summed E-state index contributed by atoms with van der Waals surface area (Å²) in [6.45, 7) is 5.95. The van der Waals surface area contributed by atoms with Gasteiger partial charge in [0.1, 0.15) is 5.69 Å². The third-order valence-electron chi connectivity index (χ3n) is 2.34. The van der Waals surface area contributed by atoms with Gasteiger partial charge in [0.15, 0.2) is 5.76 Å². The van der Waals surface area contributed by atoms with Crippen LogP contribution < -0.4 is 5.32 Å². The highest BCUT2D eigenvalue weighted by Gasteiger charge is 2.08. The number of aryl methyl sites for hydroxylation is 1. The van der Waals surface area contributed by atoms with Crippen LogP contribution in [0.25, 0.3) is 11.5 Å². The SMILES string of the molecule is CC(C)CNCc1ncc(-c2cn(C)cn2)o1. The van der Waals surface area contributed by atoms with Gasteiger partial charge in [-0.05, 0) is 12.5 Å². The molecule has 0 aliphatic carbocycles. The van der Waals surface area contributed by atoms with Gasteiger partial charge in [-0.2, -0.15) is 0 Å². The van der Waals surface area contributed by atoms with Crippen molar-refractivity contribution < 1.29 is 4.42 Å². The van der Waals surface area contributed by atoms with Crippen molar-refractivity contribution in [3.8, 4) is 11.5 Å². The largest absolute Gasteiger partial charge is 0.438 e. The zero-order chi connectivity index (χ0) is 12.3. The first-order chi connectivity index (χ1) is 8.15. The fraction of sp³-hybridized carbons (Fsp3) is 0.500. The molecule has 17 heavy (non-hydrogen) atoms. The second kappa shape index (κ2) is 5.14. The first-order valence-corrected chi connectivity index (χ1v) is 5.79. The number of nitrogens with zero attached hydrogens (tertiary/aromatic N) is 3. The molecule has 0 aliphatic rings. The van der Waals surface area contributed by atoms with E-state index in [0.29, 0.717) is 24.1 Å². The van der Waals surface area contributed by atoms with Crippen LogP contribution in [0.4, 0.5) is 0 Å². The molecular formula is C12H18N4O. The maximum absolute atomic E-state index is 5.62. The van der Waals surface area contributed by atoms with Gasteiger partial charge in [-0.3, -0.25) is 0 Å². The van der Waals surface area contributed by atoms with Crippen molar-refractivity contribution in [2.24, 2.45) is 13.0 Å². The highest BCUT2D eigenvalue weighted by molar-refractivity contribution is 5.48. The molecule has 0 fully saturated rings. The van der Waals surface area contributed by atoms with Crippen molar-refractivity contribution in [2.45, 2.75) is 20.4 Å². The van der Waals surface area contributed by atoms with Crippen molar-refractivity contribution in [3.63, 3.8) is 0 Å². The lowest BCUT2D eigenvalue weighted by Crippen LogP contribution is -2.18. The molecule has 0 saturated heterocycles. The quantitative estimate of drug-likeness (QED) is 0.857. The maximum atomic E-state index is 5.62. The Labute approximate surface area is 101 Å². The molecule has 2 rings (SSSR count). The van der Waals surface area contributed by atoms with Crippen molar-refractivity contribution in [1.29, 1.82) is 0 Å². The molecule has 0 radical (unpaired) electrons. The Bertz CT molecular complexity index is 472. The summed E-state index contributed by atoms with van der Waals surface area (Å²) in [6.07, 6.45) is 5.37. The third-order valence-corrected chi connectivity index (χ3v) is 2.34. The van der Waals surface area contributed by atoms with Crippen LogP contribution in [0.15, 0.2) is 23.1 Å². The monoisotopic (exact) mass is 234 g/mol. The molecule has 0 spiro atoms. The van der Waals surface area contributed by atoms with Crippen molar-refractivity contribution in [2.75, 3.05) is 6.54 Å². The van der Waals surface area contributed by atoms with E-state index in [1.54, 1.807) is 12.5 Å². The van der Waals surface area contributed by atoms with E-state index in [9.17, 15) is 0 Å². The second-order valence-corrected chi connectivity index (χ2v) is 4.57. The molecule has 2 aromatic rings. The summed E-state index contributed by atoms with van der Waals surface area (Å²) in [5.74, 6) is 2.04. The summed E-state index contributed by atoms with van der Waals surface area (Å²) in [4.78, 5) is 8.44. The highest BCUT2D eigenvalue weighted by atomic mass is 16.4. The van der Waals surface area contributed by atoms with Gasteiger partial charge < -0.3 is 14.3 Å². The molecule has 0 saturated carbocycles. The molecule has 92 valence electrons. The Hall–Kier alpha value is -1.62. The van der Waals surface area contributed by atoms with E-state index in [0.717, 1.165) is 12.2 Å². The lowest BCUT2D eigenvalue weighted by Gasteiger charge is -2.03. The molecule has 2 heterocycles. The Kier molecular flexibility index (Phi) is 3.58. The van der Waals surface area contributed by atoms with Crippen LogP contribution in [-0.2, 0) is 13.6 Å². The van der Waals surface area contributed by atoms with Gasteiger partial charge in [-0.15, -0.1) is 0 Å². The van der Waals surface area contributed by atoms with Crippen molar-refractivity contribution in [3.05, 3.63) is 24.6 Å². The topological polar surface area (TPSA) is 55.9 Å². The van der Waals surface area contributed by atoms with Gasteiger partial charge in [0.05, 0.1) is 19.1 Å². The van der Waals surface area contributed by atoms with Gasteiger partial charge in [0, 0.05) is 13.2 Å². The summed E-state index contributed by atoms with van der Waals surface area (Å²) in [5, 5.41) is 3.29. The number of rotatable bonds is 5. The fourth-order valence-electron chi connectivity index (χ4n) is 1.52. The standard InChI is InChI=1S/C12H18N4O/c1-9(2)4-13-6-12-14-5-11(17-12)10-7-16(3)8-15-10/h5,7-9,13H,4,6H2,1-3H3. The van der Waals surface area contributed by atoms with Crippen LogP contribution in [0.2, 0.25) is 0 Å². The first kappa shape index (κ1) is 11.9. The summed E-state index contributed by atoms with van der Waals surface area (Å²) in [7, 11) is 1.93. The predicted molar refractivity (Wildman–Crippen MR) is 65.2 cm³/mol. The molecule has 1 N–H and O–H groups in total. The first-order valence-electron chi connectivity index (χ1n) is 5.79. The van der Waals surface area contributed by atoms with Crippen LogP contribution in [0.5, 0.6) is 0 Å². The Morgan fingerprint density at radius 2 is 2.24 bits per heavy atom. The summed E-state index contributed by atoms with van der Waals surface area (Å²) < 4.78 is 7.50. The molecule has 5 nitrogen and oxygen atoms in total. The molecule has 0 aromatic carbocycles. The van der Waals surface area contributed by atoms with E-state index in [4.69, 9.17) is 4.42 Å². The lowest BCUT2D eigenvalue weighted by atomic mass is 10.2. The molecule has 2 aromatic heterocycles. The van der Waals surface area contributed by atoms with E-state index in [1.165, 1.54) is 0 Å². The number of hydrogen-bond donors (Lipinski definition) is 1. The average Bonchev–Trinajstić information content (AvgIpc) is 2.86. The molecule has 0 unspecified atom stereocenters. The number of imidazole rings is 1. The predicted octanol–water partition coefficient (Wildman–Crippen LogP) is 1.82. The summed E-state index contributed by atoms with van der Waals surface area (Å²) in [6, 6.07) is 0. The van der Waals surface area contributed by atoms with Crippen LogP contribution in [-0.4, -0.2) is 21.1 Å². The van der Waals surface area contributed by atoms with Crippen molar-refractivity contribution >= 4 is 0 Å². The van der Waals surface area contributed by atoms with Gasteiger partial charge in [-0.1, -0.05) is 13.8 Å². The van der Waals surface area contributed by atoms with Gasteiger partial charge in [0.25, 0.3) is 0 Å². The second-order valence-electron chi connectivity index (χ2n) is 4.57. The Balaban J connectivity index is 1.96. The van der Waals surface area contributed by atoms with E-state index >= 15 is 0 Å². The minimum Gasteiger partial charge on any atom is -0.438 e. The highest BCUT2D eigenvalue weighted by Crippen LogP contribution is 2.17. The van der Waals surface area contributed by atoms with Gasteiger partial charge in [0.2, 0.25) is 5.89 Å². The Morgan fingerprint density at radius 1 is 1.41 bits per heavy atom. The maximum Gasteiger partial charge on any atom is 0.208 e. The minimum atomic E-state index is 0.625. The molecular weight excluding hydrogens is 216 g/mol. The molecule has 5 heteroatoms. The minimum absolute atomic E-state index is 0.625. The normalized spacial score (nSPS) is 11.3. The number of nitrogens with one attached hydrogen (secondary N) is 1. The Morgan fingerprint density at radius 3 is 2.88 bits per heavy atom. The molecule has 0 bridgehead atoms. The van der Waals surface area contributed by atoms with Crippen LogP contribution in [0.1, 0.15) is 19.7 Å². The van der Waals surface area contributed by atoms with E-state index in [-0.39, 0.29) is 0 Å². The average molecular weight is 234 g/mol. The van der Waals surface area contributed by atoms with Crippen LogP contribution >= 0.6 is 0 Å². The van der Waals surface area contributed by atoms with Crippen molar-refractivity contribution in [1.82, 2.24) is 19.9 Å². The zero-order valence-electron chi connectivity index (χ0n) is 10.5. The van der Waals surface area contributed by atoms with Crippen LogP contribution in [0, 0.1) is 5.92 Å². The molecule has 0 amide bonds. The van der Waals surface area contributed by atoms with Crippen LogP contribution in [0.3, 0.4) is 0 Å². The molecule has 0 aliphatic heterocycles. The summed E-state index contributed by atoms with van der Waals surface area (Å²) in [5.41, 5.74) is 0.815. The van der Waals surface area contributed by atoms with E-state index < -0.39 is 0 Å². The van der Waals surface area contributed by atoms with E-state index in [1.807, 2.05) is 17.8 Å². The molecule has 0 atom stereocenters. The number of aromatic nitrogens is 3. The summed E-state index contributed by atoms with van der Waals surface area (Å²) >= 11 is 0. The smallest absolute Gasteiger partial charge is 0.208 e. The fourth-order valence-corrected chi connectivity index (χ4v) is 1.52. The lowest BCUT2D eigenvalue weighted by molar-refractivity contribution is 0.458. The zero-order valence-corrected chi connectivity index (χ0v) is 10.5. The van der Waals surface area contributed by atoms with Gasteiger partial charge in [-0.25, -0.2) is 9.97 Å². The van der Waals surface area contributed by atoms with Gasteiger partial charge >= 0.3 is 0 Å². The third kappa shape index (κ3) is 3.17. The number of hydrogen-bond acceptors (Lipinski definition) is 4. The van der Waals surface area contributed by atoms with E-state index in [2.05, 4.69) is 29.1 Å². The number of oxazole rings is 1.